The van der Waals surface area contributed by atoms with E-state index in [0.717, 1.165) is 5.41 Å². The smallest absolute Gasteiger partial charge is 0.307 e. The molecule has 1 aliphatic rings. The maximum Gasteiger partial charge on any atom is 0.307 e. The van der Waals surface area contributed by atoms with E-state index in [1.165, 1.54) is 19.1 Å². The van der Waals surface area contributed by atoms with Crippen molar-refractivity contribution in [1.82, 2.24) is 5.16 Å². The Labute approximate surface area is 127 Å². The molecule has 2 rings (SSSR count). The van der Waals surface area contributed by atoms with Crippen LogP contribution >= 0.6 is 0 Å². The molecule has 8 nitrogen and oxygen atoms in total. The average Bonchev–Trinajstić information content (AvgIpc) is 2.95. The number of amides is 1. The van der Waals surface area contributed by atoms with Gasteiger partial charge in [0.15, 0.2) is 21.8 Å². The number of aromatic nitrogens is 1. The van der Waals surface area contributed by atoms with Crippen molar-refractivity contribution in [3.8, 4) is 0 Å². The maximum atomic E-state index is 11.8. The summed E-state index contributed by atoms with van der Waals surface area (Å²) in [5.74, 6) is -0.932. The van der Waals surface area contributed by atoms with Crippen LogP contribution in [0.25, 0.3) is 0 Å². The maximum absolute atomic E-state index is 11.8. The summed E-state index contributed by atoms with van der Waals surface area (Å²) in [7, 11) is -3.21. The summed E-state index contributed by atoms with van der Waals surface area (Å²) in [5.41, 5.74) is 0. The lowest BCUT2D eigenvalue weighted by molar-refractivity contribution is -0.153. The number of sulfone groups is 1. The number of anilines is 1. The number of aryl methyl sites for hydroxylation is 1. The standard InChI is InChI=1S/C13H16N2O6S/c1-8-5-11(15-21-8)14-13(17)9(2)20-12(16)6-10-3-4-22(18,19)7-10/h3-5,9-10H,6-7H2,1-2H3,(H,14,15,17). The molecule has 0 radical (unpaired) electrons. The molecule has 0 bridgehead atoms. The van der Waals surface area contributed by atoms with Gasteiger partial charge in [0.1, 0.15) is 5.76 Å². The number of allylic oxidation sites excluding steroid dienone is 1. The van der Waals surface area contributed by atoms with E-state index in [0.29, 0.717) is 5.76 Å². The summed E-state index contributed by atoms with van der Waals surface area (Å²) in [6.45, 7) is 3.09. The van der Waals surface area contributed by atoms with Crippen LogP contribution in [0.1, 0.15) is 19.1 Å². The lowest BCUT2D eigenvalue weighted by Gasteiger charge is -2.13. The summed E-state index contributed by atoms with van der Waals surface area (Å²) in [6.07, 6.45) is 0.349. The quantitative estimate of drug-likeness (QED) is 0.795. The molecule has 1 aliphatic heterocycles. The van der Waals surface area contributed by atoms with Crippen molar-refractivity contribution in [2.45, 2.75) is 26.4 Å². The molecule has 9 heteroatoms. The van der Waals surface area contributed by atoms with Gasteiger partial charge in [0.05, 0.1) is 12.2 Å². The first-order chi connectivity index (χ1) is 10.2. The fourth-order valence-electron chi connectivity index (χ4n) is 1.93. The number of nitrogens with one attached hydrogen (secondary N) is 1. The molecule has 1 N–H and O–H groups in total. The van der Waals surface area contributed by atoms with Gasteiger partial charge in [0.2, 0.25) is 0 Å². The number of carbonyl (C=O) groups excluding carboxylic acids is 2. The minimum atomic E-state index is -3.21. The third kappa shape index (κ3) is 4.42. The first-order valence-corrected chi connectivity index (χ1v) is 8.31. The van der Waals surface area contributed by atoms with Crippen molar-refractivity contribution < 1.29 is 27.3 Å². The van der Waals surface area contributed by atoms with Crippen LogP contribution in [0, 0.1) is 12.8 Å². The average molecular weight is 328 g/mol. The van der Waals surface area contributed by atoms with Crippen molar-refractivity contribution in [3.05, 3.63) is 23.3 Å². The normalized spacial score (nSPS) is 20.5. The van der Waals surface area contributed by atoms with Gasteiger partial charge in [-0.15, -0.1) is 0 Å². The monoisotopic (exact) mass is 328 g/mol. The van der Waals surface area contributed by atoms with Crippen LogP contribution in [-0.4, -0.2) is 37.3 Å². The van der Waals surface area contributed by atoms with Crippen LogP contribution in [0.4, 0.5) is 5.82 Å². The first kappa shape index (κ1) is 16.2. The second kappa shape index (κ2) is 6.30. The second-order valence-corrected chi connectivity index (χ2v) is 7.00. The number of nitrogens with zero attached hydrogens (tertiary/aromatic N) is 1. The molecule has 0 saturated heterocycles. The third-order valence-corrected chi connectivity index (χ3v) is 4.45. The minimum Gasteiger partial charge on any atom is -0.453 e. The van der Waals surface area contributed by atoms with E-state index >= 15 is 0 Å². The lowest BCUT2D eigenvalue weighted by atomic mass is 10.1. The van der Waals surface area contributed by atoms with Crippen LogP contribution in [0.5, 0.6) is 0 Å². The van der Waals surface area contributed by atoms with Crippen molar-refractivity contribution >= 4 is 27.5 Å². The highest BCUT2D eigenvalue weighted by Gasteiger charge is 2.26. The van der Waals surface area contributed by atoms with Crippen LogP contribution in [0.2, 0.25) is 0 Å². The summed E-state index contributed by atoms with van der Waals surface area (Å²) in [4.78, 5) is 23.5. The SMILES string of the molecule is Cc1cc(NC(=O)C(C)OC(=O)CC2C=CS(=O)(=O)C2)no1. The van der Waals surface area contributed by atoms with Crippen LogP contribution in [-0.2, 0) is 24.2 Å². The van der Waals surface area contributed by atoms with E-state index in [4.69, 9.17) is 9.26 Å². The van der Waals surface area contributed by atoms with Gasteiger partial charge in [-0.2, -0.15) is 0 Å². The highest BCUT2D eigenvalue weighted by atomic mass is 32.2. The highest BCUT2D eigenvalue weighted by molar-refractivity contribution is 7.94. The Morgan fingerprint density at radius 1 is 1.55 bits per heavy atom. The fourth-order valence-corrected chi connectivity index (χ4v) is 3.33. The van der Waals surface area contributed by atoms with Crippen molar-refractivity contribution in [1.29, 1.82) is 0 Å². The van der Waals surface area contributed by atoms with Crippen molar-refractivity contribution in [2.75, 3.05) is 11.1 Å². The molecule has 1 aromatic rings. The zero-order valence-electron chi connectivity index (χ0n) is 12.1. The van der Waals surface area contributed by atoms with E-state index in [1.54, 1.807) is 6.92 Å². The molecule has 0 aliphatic carbocycles. The molecule has 2 atom stereocenters. The number of carbonyl (C=O) groups is 2. The largest absolute Gasteiger partial charge is 0.453 e. The molecule has 22 heavy (non-hydrogen) atoms. The molecule has 2 heterocycles. The van der Waals surface area contributed by atoms with Gasteiger partial charge in [0.25, 0.3) is 5.91 Å². The minimum absolute atomic E-state index is 0.0869. The Balaban J connectivity index is 1.81. The predicted octanol–water partition coefficient (Wildman–Crippen LogP) is 0.802. The van der Waals surface area contributed by atoms with Gasteiger partial charge in [0, 0.05) is 17.4 Å². The van der Waals surface area contributed by atoms with Crippen molar-refractivity contribution in [3.63, 3.8) is 0 Å². The van der Waals surface area contributed by atoms with Gasteiger partial charge in [-0.3, -0.25) is 9.59 Å². The zero-order valence-corrected chi connectivity index (χ0v) is 12.9. The number of hydrogen-bond acceptors (Lipinski definition) is 7. The van der Waals surface area contributed by atoms with Crippen LogP contribution in [0.3, 0.4) is 0 Å². The molecular formula is C13H16N2O6S. The summed E-state index contributed by atoms with van der Waals surface area (Å²) in [6, 6.07) is 1.53. The van der Waals surface area contributed by atoms with Gasteiger partial charge in [-0.1, -0.05) is 11.2 Å². The van der Waals surface area contributed by atoms with Gasteiger partial charge >= 0.3 is 5.97 Å². The molecule has 1 amide bonds. The lowest BCUT2D eigenvalue weighted by Crippen LogP contribution is -2.30. The molecular weight excluding hydrogens is 312 g/mol. The number of rotatable bonds is 5. The first-order valence-electron chi connectivity index (χ1n) is 6.60. The number of esters is 1. The Kier molecular flexibility index (Phi) is 4.65. The summed E-state index contributed by atoms with van der Waals surface area (Å²) in [5, 5.41) is 7.13. The van der Waals surface area contributed by atoms with E-state index < -0.39 is 33.7 Å². The fraction of sp³-hybridized carbons (Fsp3) is 0.462. The van der Waals surface area contributed by atoms with E-state index in [-0.39, 0.29) is 18.0 Å². The summed E-state index contributed by atoms with van der Waals surface area (Å²) >= 11 is 0. The molecule has 0 aromatic carbocycles. The molecule has 120 valence electrons. The van der Waals surface area contributed by atoms with E-state index in [2.05, 4.69) is 10.5 Å². The predicted molar refractivity (Wildman–Crippen MR) is 76.5 cm³/mol. The molecule has 0 spiro atoms. The Bertz CT molecular complexity index is 706. The zero-order chi connectivity index (χ0) is 16.3. The van der Waals surface area contributed by atoms with Crippen LogP contribution in [0.15, 0.2) is 22.1 Å². The number of ether oxygens (including phenoxy) is 1. The third-order valence-electron chi connectivity index (χ3n) is 2.99. The summed E-state index contributed by atoms with van der Waals surface area (Å²) < 4.78 is 32.3. The Morgan fingerprint density at radius 2 is 2.27 bits per heavy atom. The topological polar surface area (TPSA) is 116 Å². The van der Waals surface area contributed by atoms with E-state index in [9.17, 15) is 18.0 Å². The number of hydrogen-bond donors (Lipinski definition) is 1. The van der Waals surface area contributed by atoms with Crippen molar-refractivity contribution in [2.24, 2.45) is 5.92 Å². The van der Waals surface area contributed by atoms with Gasteiger partial charge in [-0.05, 0) is 13.8 Å². The molecule has 0 fully saturated rings. The highest BCUT2D eigenvalue weighted by Crippen LogP contribution is 2.19. The van der Waals surface area contributed by atoms with Gasteiger partial charge < -0.3 is 14.6 Å². The van der Waals surface area contributed by atoms with E-state index in [1.807, 2.05) is 0 Å². The Morgan fingerprint density at radius 3 is 2.82 bits per heavy atom. The van der Waals surface area contributed by atoms with Crippen LogP contribution < -0.4 is 5.32 Å². The molecule has 2 unspecified atom stereocenters. The molecule has 0 saturated carbocycles. The molecule has 1 aromatic heterocycles. The second-order valence-electron chi connectivity index (χ2n) is 5.07. The van der Waals surface area contributed by atoms with Gasteiger partial charge in [-0.25, -0.2) is 8.42 Å². The Hall–Kier alpha value is -2.16.